The molecule has 0 fully saturated rings. The minimum absolute atomic E-state index is 0.0732. The first-order valence-corrected chi connectivity index (χ1v) is 7.70. The smallest absolute Gasteiger partial charge is 0.122 e. The van der Waals surface area contributed by atoms with Crippen LogP contribution in [0.5, 0.6) is 5.75 Å². The molecule has 2 aromatic carbocycles. The van der Waals surface area contributed by atoms with Gasteiger partial charge in [-0.25, -0.2) is 0 Å². The second-order valence-electron chi connectivity index (χ2n) is 4.97. The summed E-state index contributed by atoms with van der Waals surface area (Å²) in [5.41, 5.74) is 9.58. The van der Waals surface area contributed by atoms with Crippen molar-refractivity contribution in [3.8, 4) is 5.75 Å². The number of rotatable bonds is 5. The summed E-state index contributed by atoms with van der Waals surface area (Å²) in [5, 5.41) is 0. The molecule has 0 radical (unpaired) electrons. The van der Waals surface area contributed by atoms with Crippen molar-refractivity contribution in [3.05, 3.63) is 59.2 Å². The van der Waals surface area contributed by atoms with E-state index in [-0.39, 0.29) is 6.04 Å². The van der Waals surface area contributed by atoms with Crippen LogP contribution in [0.2, 0.25) is 0 Å². The van der Waals surface area contributed by atoms with Crippen molar-refractivity contribution in [2.24, 2.45) is 5.73 Å². The Bertz CT molecular complexity index is 581. The Morgan fingerprint density at radius 3 is 2.70 bits per heavy atom. The predicted molar refractivity (Wildman–Crippen MR) is 86.3 cm³/mol. The third kappa shape index (κ3) is 3.78. The van der Waals surface area contributed by atoms with Crippen molar-refractivity contribution in [2.75, 3.05) is 7.11 Å². The van der Waals surface area contributed by atoms with Gasteiger partial charge in [0.25, 0.3) is 0 Å². The molecule has 0 amide bonds. The van der Waals surface area contributed by atoms with E-state index in [0.29, 0.717) is 0 Å². The van der Waals surface area contributed by atoms with Crippen LogP contribution >= 0.6 is 11.8 Å². The third-order valence-electron chi connectivity index (χ3n) is 3.21. The van der Waals surface area contributed by atoms with Crippen LogP contribution in [-0.4, -0.2) is 7.11 Å². The molecule has 0 aliphatic rings. The summed E-state index contributed by atoms with van der Waals surface area (Å²) >= 11 is 1.81. The van der Waals surface area contributed by atoms with Gasteiger partial charge in [-0.1, -0.05) is 29.8 Å². The van der Waals surface area contributed by atoms with Gasteiger partial charge in [-0.2, -0.15) is 0 Å². The SMILES string of the molecule is COc1ccc(C)cc1CSc1cccc(C(C)N)c1. The Kier molecular flexibility index (Phi) is 5.10. The zero-order chi connectivity index (χ0) is 14.5. The Morgan fingerprint density at radius 2 is 2.00 bits per heavy atom. The highest BCUT2D eigenvalue weighted by molar-refractivity contribution is 7.98. The largest absolute Gasteiger partial charge is 0.496 e. The molecule has 3 heteroatoms. The Balaban J connectivity index is 2.12. The van der Waals surface area contributed by atoms with Gasteiger partial charge in [0, 0.05) is 22.3 Å². The number of hydrogen-bond acceptors (Lipinski definition) is 3. The molecule has 0 aliphatic carbocycles. The topological polar surface area (TPSA) is 35.2 Å². The maximum absolute atomic E-state index is 5.93. The summed E-state index contributed by atoms with van der Waals surface area (Å²) in [5.74, 6) is 1.85. The zero-order valence-electron chi connectivity index (χ0n) is 12.2. The van der Waals surface area contributed by atoms with Crippen molar-refractivity contribution in [2.45, 2.75) is 30.5 Å². The van der Waals surface area contributed by atoms with Crippen LogP contribution in [0.25, 0.3) is 0 Å². The number of ether oxygens (including phenoxy) is 1. The molecule has 106 valence electrons. The number of nitrogens with two attached hydrogens (primary N) is 1. The fraction of sp³-hybridized carbons (Fsp3) is 0.294. The molecule has 2 rings (SSSR count). The van der Waals surface area contributed by atoms with Crippen LogP contribution in [0.1, 0.15) is 29.7 Å². The number of methoxy groups -OCH3 is 1. The van der Waals surface area contributed by atoms with E-state index in [1.54, 1.807) is 7.11 Å². The van der Waals surface area contributed by atoms with Crippen molar-refractivity contribution in [1.82, 2.24) is 0 Å². The minimum Gasteiger partial charge on any atom is -0.496 e. The second-order valence-corrected chi connectivity index (χ2v) is 6.01. The fourth-order valence-corrected chi connectivity index (χ4v) is 3.01. The van der Waals surface area contributed by atoms with Crippen molar-refractivity contribution < 1.29 is 4.74 Å². The first-order valence-electron chi connectivity index (χ1n) is 6.72. The highest BCUT2D eigenvalue weighted by Crippen LogP contribution is 2.29. The van der Waals surface area contributed by atoms with Crippen molar-refractivity contribution in [3.63, 3.8) is 0 Å². The average Bonchev–Trinajstić information content (AvgIpc) is 2.45. The summed E-state index contributed by atoms with van der Waals surface area (Å²) < 4.78 is 5.42. The standard InChI is InChI=1S/C17H21NOS/c1-12-7-8-17(19-3)15(9-12)11-20-16-6-4-5-14(10-16)13(2)18/h4-10,13H,11,18H2,1-3H3. The molecule has 1 atom stereocenters. The lowest BCUT2D eigenvalue weighted by Gasteiger charge is -2.11. The van der Waals surface area contributed by atoms with Crippen LogP contribution < -0.4 is 10.5 Å². The van der Waals surface area contributed by atoms with Crippen molar-refractivity contribution in [1.29, 1.82) is 0 Å². The van der Waals surface area contributed by atoms with Crippen LogP contribution in [0, 0.1) is 6.92 Å². The molecule has 0 saturated carbocycles. The van der Waals surface area contributed by atoms with Gasteiger partial charge in [-0.15, -0.1) is 11.8 Å². The Morgan fingerprint density at radius 1 is 1.20 bits per heavy atom. The van der Waals surface area contributed by atoms with Crippen LogP contribution in [0.4, 0.5) is 0 Å². The molecule has 1 unspecified atom stereocenters. The molecule has 0 bridgehead atoms. The molecule has 2 aromatic rings. The second kappa shape index (κ2) is 6.82. The first-order chi connectivity index (χ1) is 9.60. The lowest BCUT2D eigenvalue weighted by Crippen LogP contribution is -2.04. The van der Waals surface area contributed by atoms with Gasteiger partial charge in [0.05, 0.1) is 7.11 Å². The van der Waals surface area contributed by atoms with Crippen LogP contribution in [0.3, 0.4) is 0 Å². The van der Waals surface area contributed by atoms with Gasteiger partial charge in [0.1, 0.15) is 5.75 Å². The summed E-state index contributed by atoms with van der Waals surface area (Å²) in [6.07, 6.45) is 0. The van der Waals surface area contributed by atoms with Gasteiger partial charge in [-0.05, 0) is 37.6 Å². The first kappa shape index (κ1) is 14.9. The van der Waals surface area contributed by atoms with Crippen LogP contribution in [0.15, 0.2) is 47.4 Å². The van der Waals surface area contributed by atoms with E-state index in [4.69, 9.17) is 10.5 Å². The molecule has 2 N–H and O–H groups in total. The molecule has 0 saturated heterocycles. The predicted octanol–water partition coefficient (Wildman–Crippen LogP) is 4.32. The van der Waals surface area contributed by atoms with E-state index >= 15 is 0 Å². The number of aryl methyl sites for hydroxylation is 1. The van der Waals surface area contributed by atoms with E-state index in [1.165, 1.54) is 21.6 Å². The molecular formula is C17H21NOS. The minimum atomic E-state index is 0.0732. The normalized spacial score (nSPS) is 12.2. The number of thioether (sulfide) groups is 1. The molecule has 2 nitrogen and oxygen atoms in total. The van der Waals surface area contributed by atoms with E-state index in [2.05, 4.69) is 43.3 Å². The van der Waals surface area contributed by atoms with Crippen molar-refractivity contribution >= 4 is 11.8 Å². The molecule has 0 aliphatic heterocycles. The highest BCUT2D eigenvalue weighted by Gasteiger charge is 2.05. The summed E-state index contributed by atoms with van der Waals surface area (Å²) in [6.45, 7) is 4.11. The average molecular weight is 287 g/mol. The van der Waals surface area contributed by atoms with E-state index in [1.807, 2.05) is 24.8 Å². The Labute approximate surface area is 125 Å². The molecule has 20 heavy (non-hydrogen) atoms. The molecule has 0 heterocycles. The molecule has 0 spiro atoms. The van der Waals surface area contributed by atoms with E-state index in [0.717, 1.165) is 11.5 Å². The highest BCUT2D eigenvalue weighted by atomic mass is 32.2. The third-order valence-corrected chi connectivity index (χ3v) is 4.26. The van der Waals surface area contributed by atoms with Gasteiger partial charge in [-0.3, -0.25) is 0 Å². The molecular weight excluding hydrogens is 266 g/mol. The lowest BCUT2D eigenvalue weighted by atomic mass is 10.1. The molecule has 0 aromatic heterocycles. The number of benzene rings is 2. The van der Waals surface area contributed by atoms with Gasteiger partial charge >= 0.3 is 0 Å². The maximum atomic E-state index is 5.93. The summed E-state index contributed by atoms with van der Waals surface area (Å²) in [7, 11) is 1.72. The quantitative estimate of drug-likeness (QED) is 0.832. The number of hydrogen-bond donors (Lipinski definition) is 1. The Hall–Kier alpha value is -1.45. The van der Waals surface area contributed by atoms with Gasteiger partial charge < -0.3 is 10.5 Å². The van der Waals surface area contributed by atoms with E-state index in [9.17, 15) is 0 Å². The van der Waals surface area contributed by atoms with Gasteiger partial charge in [0.15, 0.2) is 0 Å². The monoisotopic (exact) mass is 287 g/mol. The fourth-order valence-electron chi connectivity index (χ4n) is 2.07. The van der Waals surface area contributed by atoms with Gasteiger partial charge in [0.2, 0.25) is 0 Å². The maximum Gasteiger partial charge on any atom is 0.122 e. The summed E-state index contributed by atoms with van der Waals surface area (Å²) in [6, 6.07) is 14.8. The zero-order valence-corrected chi connectivity index (χ0v) is 13.0. The van der Waals surface area contributed by atoms with E-state index < -0.39 is 0 Å². The lowest BCUT2D eigenvalue weighted by molar-refractivity contribution is 0.411. The summed E-state index contributed by atoms with van der Waals surface area (Å²) in [4.78, 5) is 1.24. The van der Waals surface area contributed by atoms with Crippen LogP contribution in [-0.2, 0) is 5.75 Å².